The van der Waals surface area contributed by atoms with Gasteiger partial charge in [0.25, 0.3) is 0 Å². The molecule has 0 atom stereocenters. The molecule has 0 saturated carbocycles. The molecule has 3 aromatic rings. The average molecular weight is 309 g/mol. The largest absolute Gasteiger partial charge is 0.356 e. The molecule has 0 fully saturated rings. The molecule has 1 N–H and O–H groups in total. The highest BCUT2D eigenvalue weighted by atomic mass is 35.5. The number of anilines is 2. The molecule has 0 aliphatic heterocycles. The monoisotopic (exact) mass is 308 g/mol. The van der Waals surface area contributed by atoms with Crippen LogP contribution in [-0.4, -0.2) is 4.98 Å². The highest BCUT2D eigenvalue weighted by Crippen LogP contribution is 2.22. The van der Waals surface area contributed by atoms with Crippen molar-refractivity contribution in [3.63, 3.8) is 0 Å². The van der Waals surface area contributed by atoms with Crippen LogP contribution in [0.15, 0.2) is 83.2 Å². The Morgan fingerprint density at radius 1 is 0.773 bits per heavy atom. The minimum atomic E-state index is 0.589. The van der Waals surface area contributed by atoms with E-state index in [1.54, 1.807) is 12.3 Å². The van der Waals surface area contributed by atoms with E-state index in [1.807, 2.05) is 60.7 Å². The Labute approximate surface area is 133 Å². The fourth-order valence-corrected chi connectivity index (χ4v) is 1.96. The quantitative estimate of drug-likeness (QED) is 0.610. The SMILES string of the molecule is Clc1ccc(Nc2ccc(N=Nc3ccccn3)cc2)cc1. The summed E-state index contributed by atoms with van der Waals surface area (Å²) in [6.45, 7) is 0. The van der Waals surface area contributed by atoms with Crippen LogP contribution in [0.3, 0.4) is 0 Å². The molecule has 22 heavy (non-hydrogen) atoms. The highest BCUT2D eigenvalue weighted by molar-refractivity contribution is 6.30. The Kier molecular flexibility index (Phi) is 4.41. The fraction of sp³-hybridized carbons (Fsp3) is 0. The van der Waals surface area contributed by atoms with Gasteiger partial charge in [-0.1, -0.05) is 17.7 Å². The second kappa shape index (κ2) is 6.83. The molecule has 4 nitrogen and oxygen atoms in total. The molecular weight excluding hydrogens is 296 g/mol. The van der Waals surface area contributed by atoms with Crippen molar-refractivity contribution in [3.8, 4) is 0 Å². The van der Waals surface area contributed by atoms with Gasteiger partial charge >= 0.3 is 0 Å². The van der Waals surface area contributed by atoms with Gasteiger partial charge in [0.15, 0.2) is 5.82 Å². The number of benzene rings is 2. The molecule has 1 heterocycles. The van der Waals surface area contributed by atoms with Gasteiger partial charge in [0.2, 0.25) is 0 Å². The maximum Gasteiger partial charge on any atom is 0.174 e. The van der Waals surface area contributed by atoms with Gasteiger partial charge in [0.05, 0.1) is 5.69 Å². The van der Waals surface area contributed by atoms with E-state index < -0.39 is 0 Å². The molecule has 0 radical (unpaired) electrons. The lowest BCUT2D eigenvalue weighted by Crippen LogP contribution is -1.88. The first-order valence-electron chi connectivity index (χ1n) is 6.75. The predicted octanol–water partition coefficient (Wildman–Crippen LogP) is 5.89. The Balaban J connectivity index is 1.67. The number of nitrogens with one attached hydrogen (secondary N) is 1. The van der Waals surface area contributed by atoms with Crippen molar-refractivity contribution in [2.45, 2.75) is 0 Å². The first-order chi connectivity index (χ1) is 10.8. The molecule has 0 aliphatic carbocycles. The maximum absolute atomic E-state index is 5.87. The lowest BCUT2D eigenvalue weighted by molar-refractivity contribution is 1.15. The normalized spacial score (nSPS) is 10.8. The minimum Gasteiger partial charge on any atom is -0.356 e. The standard InChI is InChI=1S/C17H13ClN4/c18-13-4-6-14(7-5-13)20-15-8-10-16(11-9-15)21-22-17-3-1-2-12-19-17/h1-12,20H. The highest BCUT2D eigenvalue weighted by Gasteiger charge is 1.96. The van der Waals surface area contributed by atoms with E-state index in [1.165, 1.54) is 0 Å². The zero-order valence-electron chi connectivity index (χ0n) is 11.6. The van der Waals surface area contributed by atoms with E-state index >= 15 is 0 Å². The molecule has 0 bridgehead atoms. The van der Waals surface area contributed by atoms with Crippen LogP contribution < -0.4 is 5.32 Å². The summed E-state index contributed by atoms with van der Waals surface area (Å²) in [6.07, 6.45) is 1.69. The van der Waals surface area contributed by atoms with Crippen molar-refractivity contribution < 1.29 is 0 Å². The molecule has 0 unspecified atom stereocenters. The van der Waals surface area contributed by atoms with Crippen molar-refractivity contribution >= 4 is 34.5 Å². The van der Waals surface area contributed by atoms with E-state index in [4.69, 9.17) is 11.6 Å². The van der Waals surface area contributed by atoms with Crippen LogP contribution in [0, 0.1) is 0 Å². The van der Waals surface area contributed by atoms with Gasteiger partial charge in [-0.15, -0.1) is 10.2 Å². The van der Waals surface area contributed by atoms with Gasteiger partial charge in [-0.3, -0.25) is 0 Å². The van der Waals surface area contributed by atoms with E-state index in [0.29, 0.717) is 5.82 Å². The van der Waals surface area contributed by atoms with E-state index in [0.717, 1.165) is 22.1 Å². The van der Waals surface area contributed by atoms with Crippen LogP contribution in [0.2, 0.25) is 5.02 Å². The smallest absolute Gasteiger partial charge is 0.174 e. The van der Waals surface area contributed by atoms with E-state index in [-0.39, 0.29) is 0 Å². The molecule has 0 aliphatic rings. The van der Waals surface area contributed by atoms with Crippen molar-refractivity contribution in [3.05, 3.63) is 77.9 Å². The zero-order valence-corrected chi connectivity index (χ0v) is 12.4. The Bertz CT molecular complexity index is 753. The summed E-state index contributed by atoms with van der Waals surface area (Å²) >= 11 is 5.87. The average Bonchev–Trinajstić information content (AvgIpc) is 2.57. The molecule has 108 valence electrons. The molecule has 2 aromatic carbocycles. The Morgan fingerprint density at radius 2 is 1.45 bits per heavy atom. The minimum absolute atomic E-state index is 0.589. The Hall–Kier alpha value is -2.72. The van der Waals surface area contributed by atoms with Crippen molar-refractivity contribution in [2.24, 2.45) is 10.2 Å². The number of aromatic nitrogens is 1. The van der Waals surface area contributed by atoms with Gasteiger partial charge in [-0.05, 0) is 60.7 Å². The number of hydrogen-bond acceptors (Lipinski definition) is 4. The first-order valence-corrected chi connectivity index (χ1v) is 7.13. The van der Waals surface area contributed by atoms with Crippen LogP contribution >= 0.6 is 11.6 Å². The van der Waals surface area contributed by atoms with Gasteiger partial charge in [0.1, 0.15) is 0 Å². The number of rotatable bonds is 4. The lowest BCUT2D eigenvalue weighted by atomic mass is 10.2. The van der Waals surface area contributed by atoms with Crippen LogP contribution in [-0.2, 0) is 0 Å². The fourth-order valence-electron chi connectivity index (χ4n) is 1.83. The first kappa shape index (κ1) is 14.2. The summed E-state index contributed by atoms with van der Waals surface area (Å²) in [6, 6.07) is 20.8. The third-order valence-corrected chi connectivity index (χ3v) is 3.17. The van der Waals surface area contributed by atoms with Crippen LogP contribution in [0.5, 0.6) is 0 Å². The lowest BCUT2D eigenvalue weighted by Gasteiger charge is -2.06. The summed E-state index contributed by atoms with van der Waals surface area (Å²) in [7, 11) is 0. The maximum atomic E-state index is 5.87. The third kappa shape index (κ3) is 3.90. The summed E-state index contributed by atoms with van der Waals surface area (Å²) in [5.41, 5.74) is 2.72. The number of pyridine rings is 1. The Morgan fingerprint density at radius 3 is 2.09 bits per heavy atom. The van der Waals surface area contributed by atoms with Crippen molar-refractivity contribution in [1.82, 2.24) is 4.98 Å². The molecule has 0 spiro atoms. The molecule has 0 amide bonds. The molecule has 5 heteroatoms. The van der Waals surface area contributed by atoms with E-state index in [2.05, 4.69) is 20.5 Å². The predicted molar refractivity (Wildman–Crippen MR) is 89.6 cm³/mol. The summed E-state index contributed by atoms with van der Waals surface area (Å²) in [5.74, 6) is 0.589. The summed E-state index contributed by atoms with van der Waals surface area (Å²) in [5, 5.41) is 12.2. The number of azo groups is 1. The topological polar surface area (TPSA) is 49.6 Å². The third-order valence-electron chi connectivity index (χ3n) is 2.92. The van der Waals surface area contributed by atoms with Gasteiger partial charge in [0, 0.05) is 22.6 Å². The second-order valence-electron chi connectivity index (χ2n) is 4.57. The van der Waals surface area contributed by atoms with Crippen LogP contribution in [0.4, 0.5) is 22.9 Å². The zero-order chi connectivity index (χ0) is 15.2. The number of hydrogen-bond donors (Lipinski definition) is 1. The van der Waals surface area contributed by atoms with Crippen molar-refractivity contribution in [2.75, 3.05) is 5.32 Å². The van der Waals surface area contributed by atoms with Gasteiger partial charge < -0.3 is 5.32 Å². The molecular formula is C17H13ClN4. The molecule has 3 rings (SSSR count). The summed E-state index contributed by atoms with van der Waals surface area (Å²) < 4.78 is 0. The molecule has 0 saturated heterocycles. The van der Waals surface area contributed by atoms with Crippen LogP contribution in [0.25, 0.3) is 0 Å². The number of nitrogens with zero attached hydrogens (tertiary/aromatic N) is 3. The molecule has 1 aromatic heterocycles. The van der Waals surface area contributed by atoms with E-state index in [9.17, 15) is 0 Å². The van der Waals surface area contributed by atoms with Crippen LogP contribution in [0.1, 0.15) is 0 Å². The van der Waals surface area contributed by atoms with Gasteiger partial charge in [-0.25, -0.2) is 4.98 Å². The van der Waals surface area contributed by atoms with Crippen molar-refractivity contribution in [1.29, 1.82) is 0 Å². The second-order valence-corrected chi connectivity index (χ2v) is 5.00. The van der Waals surface area contributed by atoms with Gasteiger partial charge in [-0.2, -0.15) is 0 Å². The summed E-state index contributed by atoms with van der Waals surface area (Å²) in [4.78, 5) is 4.09. The number of halogens is 1.